The Kier molecular flexibility index (Phi) is 4.60. The van der Waals surface area contributed by atoms with Gasteiger partial charge < -0.3 is 9.64 Å². The van der Waals surface area contributed by atoms with Gasteiger partial charge in [-0.15, -0.1) is 6.42 Å². The third kappa shape index (κ3) is 3.35. The van der Waals surface area contributed by atoms with Gasteiger partial charge in [-0.2, -0.15) is 5.10 Å². The molecule has 28 heavy (non-hydrogen) atoms. The maximum atomic E-state index is 5.60. The van der Waals surface area contributed by atoms with E-state index in [2.05, 4.69) is 21.0 Å². The summed E-state index contributed by atoms with van der Waals surface area (Å²) in [4.78, 5) is 15.8. The highest BCUT2D eigenvalue weighted by molar-refractivity contribution is 5.76. The first-order chi connectivity index (χ1) is 13.7. The molecule has 3 heterocycles. The van der Waals surface area contributed by atoms with Crippen molar-refractivity contribution in [2.75, 3.05) is 18.6 Å². The highest BCUT2D eigenvalue weighted by Crippen LogP contribution is 2.28. The summed E-state index contributed by atoms with van der Waals surface area (Å²) in [6, 6.07) is 11.5. The normalized spacial score (nSPS) is 10.6. The molecule has 0 aliphatic carbocycles. The van der Waals surface area contributed by atoms with Gasteiger partial charge in [-0.05, 0) is 24.3 Å². The number of aryl methyl sites for hydroxylation is 1. The summed E-state index contributed by atoms with van der Waals surface area (Å²) >= 11 is 0. The van der Waals surface area contributed by atoms with Gasteiger partial charge in [0.05, 0.1) is 31.7 Å². The van der Waals surface area contributed by atoms with Gasteiger partial charge in [-0.1, -0.05) is 12.0 Å². The fourth-order valence-electron chi connectivity index (χ4n) is 2.90. The molecule has 0 aliphatic rings. The Labute approximate surface area is 162 Å². The number of ether oxygens (including phenoxy) is 1. The Morgan fingerprint density at radius 2 is 2.07 bits per heavy atom. The maximum absolute atomic E-state index is 5.60. The van der Waals surface area contributed by atoms with Crippen LogP contribution in [0.25, 0.3) is 22.4 Å². The number of nitrogens with zero attached hydrogens (tertiary/aromatic N) is 6. The number of aromatic nitrogens is 5. The lowest BCUT2D eigenvalue weighted by atomic mass is 10.2. The molecular formula is C21H18N6O. The van der Waals surface area contributed by atoms with Crippen LogP contribution in [-0.2, 0) is 7.05 Å². The van der Waals surface area contributed by atoms with Crippen molar-refractivity contribution >= 4 is 22.7 Å². The van der Waals surface area contributed by atoms with Gasteiger partial charge in [0.1, 0.15) is 17.1 Å². The number of anilines is 2. The lowest BCUT2D eigenvalue weighted by molar-refractivity contribution is 0.415. The first-order valence-corrected chi connectivity index (χ1v) is 8.66. The molecule has 0 saturated carbocycles. The molecule has 0 radical (unpaired) electrons. The van der Waals surface area contributed by atoms with Gasteiger partial charge in [0.15, 0.2) is 5.65 Å². The van der Waals surface area contributed by atoms with Crippen LogP contribution >= 0.6 is 0 Å². The molecule has 4 aromatic rings. The van der Waals surface area contributed by atoms with Crippen LogP contribution < -0.4 is 9.64 Å². The van der Waals surface area contributed by atoms with Crippen molar-refractivity contribution in [3.8, 4) is 29.4 Å². The van der Waals surface area contributed by atoms with Crippen LogP contribution in [0.1, 0.15) is 0 Å². The summed E-state index contributed by atoms with van der Waals surface area (Å²) in [5.41, 5.74) is 3.75. The van der Waals surface area contributed by atoms with E-state index in [9.17, 15) is 0 Å². The summed E-state index contributed by atoms with van der Waals surface area (Å²) < 4.78 is 7.05. The molecule has 0 amide bonds. The molecule has 0 N–H and O–H groups in total. The van der Waals surface area contributed by atoms with E-state index in [4.69, 9.17) is 16.1 Å². The zero-order chi connectivity index (χ0) is 19.5. The number of terminal acetylenes is 1. The predicted octanol–water partition coefficient (Wildman–Crippen LogP) is 3.21. The fraction of sp³-hybridized carbons (Fsp3) is 0.143. The Balaban J connectivity index is 1.78. The van der Waals surface area contributed by atoms with Crippen LogP contribution in [0.5, 0.6) is 5.75 Å². The van der Waals surface area contributed by atoms with E-state index < -0.39 is 0 Å². The van der Waals surface area contributed by atoms with E-state index in [1.54, 1.807) is 24.2 Å². The Bertz CT molecular complexity index is 1180. The van der Waals surface area contributed by atoms with E-state index in [0.29, 0.717) is 23.5 Å². The predicted molar refractivity (Wildman–Crippen MR) is 108 cm³/mol. The van der Waals surface area contributed by atoms with Gasteiger partial charge in [0, 0.05) is 30.6 Å². The largest absolute Gasteiger partial charge is 0.497 e. The van der Waals surface area contributed by atoms with Gasteiger partial charge in [0.2, 0.25) is 0 Å². The van der Waals surface area contributed by atoms with Crippen molar-refractivity contribution in [2.24, 2.45) is 7.05 Å². The van der Waals surface area contributed by atoms with Gasteiger partial charge in [-0.25, -0.2) is 9.97 Å². The van der Waals surface area contributed by atoms with Crippen LogP contribution in [0.4, 0.5) is 11.5 Å². The van der Waals surface area contributed by atoms with Crippen molar-refractivity contribution in [1.82, 2.24) is 24.7 Å². The molecule has 3 aromatic heterocycles. The summed E-state index contributed by atoms with van der Waals surface area (Å²) in [5, 5.41) is 4.19. The number of pyridine rings is 1. The molecule has 7 nitrogen and oxygen atoms in total. The smallest absolute Gasteiger partial charge is 0.180 e. The monoisotopic (exact) mass is 370 g/mol. The second kappa shape index (κ2) is 7.37. The number of fused-ring (bicyclic) bond motifs is 1. The average molecular weight is 370 g/mol. The van der Waals surface area contributed by atoms with Crippen LogP contribution in [0, 0.1) is 12.3 Å². The number of benzene rings is 1. The second-order valence-corrected chi connectivity index (χ2v) is 6.16. The van der Waals surface area contributed by atoms with Gasteiger partial charge >= 0.3 is 0 Å². The number of methoxy groups -OCH3 is 1. The van der Waals surface area contributed by atoms with Gasteiger partial charge in [0.25, 0.3) is 0 Å². The molecular weight excluding hydrogens is 352 g/mol. The average Bonchev–Trinajstić information content (AvgIpc) is 3.17. The van der Waals surface area contributed by atoms with Crippen molar-refractivity contribution in [3.05, 3.63) is 55.0 Å². The Morgan fingerprint density at radius 3 is 2.82 bits per heavy atom. The van der Waals surface area contributed by atoms with E-state index in [1.165, 1.54) is 0 Å². The molecule has 0 unspecified atom stereocenters. The van der Waals surface area contributed by atoms with E-state index in [1.807, 2.05) is 54.5 Å². The summed E-state index contributed by atoms with van der Waals surface area (Å²) in [5.74, 6) is 4.13. The van der Waals surface area contributed by atoms with Crippen molar-refractivity contribution in [1.29, 1.82) is 0 Å². The highest BCUT2D eigenvalue weighted by Gasteiger charge is 2.13. The van der Waals surface area contributed by atoms with Gasteiger partial charge in [-0.3, -0.25) is 9.67 Å². The van der Waals surface area contributed by atoms with Crippen LogP contribution in [0.15, 0.2) is 55.0 Å². The van der Waals surface area contributed by atoms with Crippen molar-refractivity contribution in [2.45, 2.75) is 0 Å². The minimum atomic E-state index is 0.362. The third-order valence-corrected chi connectivity index (χ3v) is 4.28. The molecule has 0 atom stereocenters. The fourth-order valence-corrected chi connectivity index (χ4v) is 2.90. The van der Waals surface area contributed by atoms with Crippen LogP contribution in [-0.4, -0.2) is 38.4 Å². The molecule has 0 saturated heterocycles. The molecule has 1 aromatic carbocycles. The van der Waals surface area contributed by atoms with Crippen molar-refractivity contribution in [3.63, 3.8) is 0 Å². The Hall–Kier alpha value is -3.92. The SMILES string of the molecule is C#CCN(c1cccc(OC)c1)c1ccc2ncc(-c3cnn(C)c3)nc2n1. The standard InChI is InChI=1S/C21H18N6O/c1-4-10-27(16-6-5-7-17(11-16)28-3)20-9-8-18-21(25-20)24-19(13-22-18)15-12-23-26(2)14-15/h1,5-9,11-14H,10H2,2-3H3. The van der Waals surface area contributed by atoms with E-state index in [-0.39, 0.29) is 0 Å². The highest BCUT2D eigenvalue weighted by atomic mass is 16.5. The van der Waals surface area contributed by atoms with Crippen LogP contribution in [0.2, 0.25) is 0 Å². The molecule has 0 fully saturated rings. The zero-order valence-corrected chi connectivity index (χ0v) is 15.6. The first-order valence-electron chi connectivity index (χ1n) is 8.66. The minimum absolute atomic E-state index is 0.362. The molecule has 7 heteroatoms. The number of hydrogen-bond acceptors (Lipinski definition) is 6. The lowest BCUT2D eigenvalue weighted by Gasteiger charge is -2.22. The second-order valence-electron chi connectivity index (χ2n) is 6.16. The molecule has 4 rings (SSSR count). The quantitative estimate of drug-likeness (QED) is 0.503. The van der Waals surface area contributed by atoms with Crippen molar-refractivity contribution < 1.29 is 4.74 Å². The summed E-state index contributed by atoms with van der Waals surface area (Å²) in [7, 11) is 3.49. The molecule has 0 spiro atoms. The maximum Gasteiger partial charge on any atom is 0.180 e. The van der Waals surface area contributed by atoms with E-state index >= 15 is 0 Å². The molecule has 0 aliphatic heterocycles. The number of hydrogen-bond donors (Lipinski definition) is 0. The molecule has 0 bridgehead atoms. The summed E-state index contributed by atoms with van der Waals surface area (Å²) in [6.45, 7) is 0.362. The minimum Gasteiger partial charge on any atom is -0.497 e. The molecule has 138 valence electrons. The number of rotatable bonds is 5. The van der Waals surface area contributed by atoms with E-state index in [0.717, 1.165) is 22.7 Å². The zero-order valence-electron chi connectivity index (χ0n) is 15.6. The Morgan fingerprint density at radius 1 is 1.18 bits per heavy atom. The summed E-state index contributed by atoms with van der Waals surface area (Å²) in [6.07, 6.45) is 11.0. The van der Waals surface area contributed by atoms with Crippen LogP contribution in [0.3, 0.4) is 0 Å². The lowest BCUT2D eigenvalue weighted by Crippen LogP contribution is -2.18. The topological polar surface area (TPSA) is 69.0 Å². The first kappa shape index (κ1) is 17.5. The third-order valence-electron chi connectivity index (χ3n) is 4.28.